The number of aryl methyl sites for hydroxylation is 1. The molecule has 10 heteroatoms. The summed E-state index contributed by atoms with van der Waals surface area (Å²) in [6, 6.07) is 9.92. The van der Waals surface area contributed by atoms with Crippen molar-refractivity contribution in [1.29, 1.82) is 0 Å². The first kappa shape index (κ1) is 19.7. The van der Waals surface area contributed by atoms with Gasteiger partial charge in [0.15, 0.2) is 0 Å². The topological polar surface area (TPSA) is 85.4 Å². The third-order valence-corrected chi connectivity index (χ3v) is 5.43. The van der Waals surface area contributed by atoms with Crippen LogP contribution in [0.5, 0.6) is 0 Å². The highest BCUT2D eigenvalue weighted by atomic mass is 32.2. The van der Waals surface area contributed by atoms with Crippen molar-refractivity contribution in [2.75, 3.05) is 6.26 Å². The average molecular weight is 409 g/mol. The minimum Gasteiger partial charge on any atom is -0.339 e. The van der Waals surface area contributed by atoms with Crippen molar-refractivity contribution in [2.24, 2.45) is 4.36 Å². The Bertz CT molecular complexity index is 1140. The first-order chi connectivity index (χ1) is 13.1. The fraction of sp³-hybridized carbons (Fsp3) is 0.167. The predicted molar refractivity (Wildman–Crippen MR) is 95.0 cm³/mol. The van der Waals surface area contributed by atoms with Crippen molar-refractivity contribution in [3.63, 3.8) is 0 Å². The Hall–Kier alpha value is -3.01. The fourth-order valence-corrected chi connectivity index (χ4v) is 3.54. The van der Waals surface area contributed by atoms with Gasteiger partial charge in [0, 0.05) is 29.2 Å². The number of carbonyl (C=O) groups excluding carboxylic acids is 1. The smallest absolute Gasteiger partial charge is 0.339 e. The van der Waals surface area contributed by atoms with E-state index in [1.807, 2.05) is 0 Å². The van der Waals surface area contributed by atoms with E-state index < -0.39 is 27.4 Å². The van der Waals surface area contributed by atoms with Gasteiger partial charge in [-0.25, -0.2) is 4.21 Å². The Morgan fingerprint density at radius 2 is 1.82 bits per heavy atom. The first-order valence-electron chi connectivity index (χ1n) is 7.91. The molecule has 0 N–H and O–H groups in total. The second-order valence-electron chi connectivity index (χ2n) is 5.94. The van der Waals surface area contributed by atoms with Gasteiger partial charge in [0.05, 0.1) is 15.3 Å². The number of nitrogens with zero attached hydrogens (tertiary/aromatic N) is 3. The Balaban J connectivity index is 1.92. The highest BCUT2D eigenvalue weighted by Crippen LogP contribution is 2.30. The summed E-state index contributed by atoms with van der Waals surface area (Å²) in [5.41, 5.74) is -0.225. The molecule has 0 bridgehead atoms. The van der Waals surface area contributed by atoms with Crippen molar-refractivity contribution >= 4 is 15.6 Å². The van der Waals surface area contributed by atoms with Crippen LogP contribution in [0.3, 0.4) is 0 Å². The molecular formula is C18H14F3N3O3S. The molecule has 0 aliphatic rings. The molecule has 1 unspecified atom stereocenters. The van der Waals surface area contributed by atoms with Crippen LogP contribution in [-0.2, 0) is 15.9 Å². The van der Waals surface area contributed by atoms with Gasteiger partial charge >= 0.3 is 6.18 Å². The fourth-order valence-electron chi connectivity index (χ4n) is 2.37. The van der Waals surface area contributed by atoms with E-state index in [0.717, 1.165) is 24.3 Å². The zero-order valence-corrected chi connectivity index (χ0v) is 15.5. The Morgan fingerprint density at radius 3 is 2.39 bits per heavy atom. The molecule has 0 fully saturated rings. The SMILES string of the molecule is Cc1nc(-c2cccc(C(=O)N=S(C)(=O)c3ccc(C(F)(F)F)cc3)c2)no1. The molecule has 0 aliphatic carbocycles. The average Bonchev–Trinajstić information content (AvgIpc) is 3.07. The number of carbonyl (C=O) groups is 1. The van der Waals surface area contributed by atoms with E-state index in [0.29, 0.717) is 11.5 Å². The van der Waals surface area contributed by atoms with E-state index in [1.165, 1.54) is 18.4 Å². The molecule has 28 heavy (non-hydrogen) atoms. The Labute approximate surface area is 158 Å². The molecule has 0 radical (unpaired) electrons. The van der Waals surface area contributed by atoms with Crippen LogP contribution in [-0.4, -0.2) is 26.5 Å². The molecule has 1 amide bonds. The minimum atomic E-state index is -4.51. The van der Waals surface area contributed by atoms with Crippen LogP contribution < -0.4 is 0 Å². The van der Waals surface area contributed by atoms with Gasteiger partial charge in [-0.2, -0.15) is 22.5 Å². The number of amides is 1. The third kappa shape index (κ3) is 4.28. The lowest BCUT2D eigenvalue weighted by Crippen LogP contribution is -2.07. The minimum absolute atomic E-state index is 0.0267. The van der Waals surface area contributed by atoms with Crippen LogP contribution in [0.1, 0.15) is 21.8 Å². The normalized spacial score (nSPS) is 13.8. The molecule has 1 aromatic heterocycles. The maximum atomic E-state index is 12.8. The summed E-state index contributed by atoms with van der Waals surface area (Å²) < 4.78 is 59.4. The number of hydrogen-bond acceptors (Lipinski definition) is 5. The quantitative estimate of drug-likeness (QED) is 0.642. The molecule has 3 rings (SSSR count). The molecule has 1 atom stereocenters. The largest absolute Gasteiger partial charge is 0.416 e. The van der Waals surface area contributed by atoms with Crippen molar-refractivity contribution in [3.8, 4) is 11.4 Å². The van der Waals surface area contributed by atoms with E-state index >= 15 is 0 Å². The maximum absolute atomic E-state index is 12.8. The van der Waals surface area contributed by atoms with E-state index in [2.05, 4.69) is 14.5 Å². The lowest BCUT2D eigenvalue weighted by Gasteiger charge is -2.08. The number of halogens is 3. The number of aromatic nitrogens is 2. The third-order valence-electron chi connectivity index (χ3n) is 3.77. The second-order valence-corrected chi connectivity index (χ2v) is 8.20. The van der Waals surface area contributed by atoms with Gasteiger partial charge in [0.1, 0.15) is 0 Å². The summed E-state index contributed by atoms with van der Waals surface area (Å²) in [5.74, 6) is -0.128. The summed E-state index contributed by atoms with van der Waals surface area (Å²) in [5, 5.41) is 3.76. The molecular weight excluding hydrogens is 395 g/mol. The van der Waals surface area contributed by atoms with Crippen molar-refractivity contribution in [3.05, 3.63) is 65.5 Å². The number of benzene rings is 2. The van der Waals surface area contributed by atoms with Gasteiger partial charge in [-0.05, 0) is 36.4 Å². The van der Waals surface area contributed by atoms with Crippen LogP contribution >= 0.6 is 0 Å². The van der Waals surface area contributed by atoms with Crippen molar-refractivity contribution < 1.29 is 26.7 Å². The summed E-state index contributed by atoms with van der Waals surface area (Å²) in [4.78, 5) is 16.5. The van der Waals surface area contributed by atoms with Crippen LogP contribution in [0.25, 0.3) is 11.4 Å². The molecule has 146 valence electrons. The lowest BCUT2D eigenvalue weighted by molar-refractivity contribution is -0.137. The molecule has 3 aromatic rings. The van der Waals surface area contributed by atoms with Gasteiger partial charge in [-0.3, -0.25) is 4.79 Å². The predicted octanol–water partition coefficient (Wildman–Crippen LogP) is 4.36. The molecule has 0 spiro atoms. The van der Waals surface area contributed by atoms with Gasteiger partial charge < -0.3 is 4.52 Å². The van der Waals surface area contributed by atoms with E-state index in [9.17, 15) is 22.2 Å². The zero-order chi connectivity index (χ0) is 20.5. The standard InChI is InChI=1S/C18H14F3N3O3S/c1-11-22-16(23-27-11)12-4-3-5-13(10-12)17(25)24-28(2,26)15-8-6-14(7-9-15)18(19,20)21/h3-10H,1-2H3. The van der Waals surface area contributed by atoms with E-state index in [1.54, 1.807) is 19.1 Å². The van der Waals surface area contributed by atoms with Gasteiger partial charge in [0.25, 0.3) is 5.91 Å². The van der Waals surface area contributed by atoms with Crippen molar-refractivity contribution in [2.45, 2.75) is 18.0 Å². The molecule has 0 aliphatic heterocycles. The van der Waals surface area contributed by atoms with Crippen molar-refractivity contribution in [1.82, 2.24) is 10.1 Å². The highest BCUT2D eigenvalue weighted by Gasteiger charge is 2.30. The number of hydrogen-bond donors (Lipinski definition) is 0. The summed E-state index contributed by atoms with van der Waals surface area (Å²) >= 11 is 0. The van der Waals surface area contributed by atoms with Crippen LogP contribution in [0.2, 0.25) is 0 Å². The van der Waals surface area contributed by atoms with E-state index in [4.69, 9.17) is 4.52 Å². The molecule has 1 heterocycles. The Kier molecular flexibility index (Phi) is 5.07. The second kappa shape index (κ2) is 7.19. The van der Waals surface area contributed by atoms with E-state index in [-0.39, 0.29) is 16.3 Å². The molecule has 2 aromatic carbocycles. The van der Waals surface area contributed by atoms with Gasteiger partial charge in [-0.15, -0.1) is 0 Å². The summed E-state index contributed by atoms with van der Waals surface area (Å²) in [7, 11) is -3.23. The van der Waals surface area contributed by atoms with Crippen LogP contribution in [0.4, 0.5) is 13.2 Å². The first-order valence-corrected chi connectivity index (χ1v) is 9.83. The summed E-state index contributed by atoms with van der Waals surface area (Å²) in [6.45, 7) is 1.62. The van der Waals surface area contributed by atoms with Gasteiger partial charge in [-0.1, -0.05) is 17.3 Å². The Morgan fingerprint density at radius 1 is 1.14 bits per heavy atom. The molecule has 0 saturated heterocycles. The lowest BCUT2D eigenvalue weighted by atomic mass is 10.1. The van der Waals surface area contributed by atoms with Gasteiger partial charge in [0.2, 0.25) is 11.7 Å². The number of rotatable bonds is 3. The highest BCUT2D eigenvalue weighted by molar-refractivity contribution is 7.93. The molecule has 0 saturated carbocycles. The number of alkyl halides is 3. The maximum Gasteiger partial charge on any atom is 0.416 e. The van der Waals surface area contributed by atoms with Crippen LogP contribution in [0, 0.1) is 6.92 Å². The van der Waals surface area contributed by atoms with Crippen LogP contribution in [0.15, 0.2) is 62.3 Å². The summed E-state index contributed by atoms with van der Waals surface area (Å²) in [6.07, 6.45) is -3.31. The zero-order valence-electron chi connectivity index (χ0n) is 14.7. The monoisotopic (exact) mass is 409 g/mol. The molecule has 6 nitrogen and oxygen atoms in total.